The molecule has 0 saturated carbocycles. The molecular formula is C14H18BrN3O. The van der Waals surface area contributed by atoms with Gasteiger partial charge in [-0.15, -0.1) is 5.10 Å². The lowest BCUT2D eigenvalue weighted by molar-refractivity contribution is 0.205. The first-order valence-electron chi connectivity index (χ1n) is 6.29. The standard InChI is InChI=1S/C14H18BrN3O/c1-11-12-5-3-4-6-13(12)14(17-16-11)18(8-7-15)9-10-19-2/h3-6H,7-10H2,1-2H3. The third-order valence-corrected chi connectivity index (χ3v) is 3.43. The van der Waals surface area contributed by atoms with Crippen molar-refractivity contribution in [3.05, 3.63) is 30.0 Å². The van der Waals surface area contributed by atoms with Crippen LogP contribution in [0.25, 0.3) is 10.8 Å². The topological polar surface area (TPSA) is 38.2 Å². The Labute approximate surface area is 121 Å². The van der Waals surface area contributed by atoms with E-state index in [0.29, 0.717) is 6.61 Å². The van der Waals surface area contributed by atoms with Gasteiger partial charge in [0.25, 0.3) is 0 Å². The van der Waals surface area contributed by atoms with Crippen molar-refractivity contribution in [3.8, 4) is 0 Å². The molecule has 2 rings (SSSR count). The number of alkyl halides is 1. The summed E-state index contributed by atoms with van der Waals surface area (Å²) in [6.07, 6.45) is 0. The van der Waals surface area contributed by atoms with Gasteiger partial charge in [-0.3, -0.25) is 0 Å². The first-order valence-corrected chi connectivity index (χ1v) is 7.42. The van der Waals surface area contributed by atoms with Crippen molar-refractivity contribution in [3.63, 3.8) is 0 Å². The first-order chi connectivity index (χ1) is 9.27. The molecule has 5 heteroatoms. The van der Waals surface area contributed by atoms with E-state index in [1.807, 2.05) is 19.1 Å². The number of methoxy groups -OCH3 is 1. The van der Waals surface area contributed by atoms with Gasteiger partial charge in [0.1, 0.15) is 0 Å². The van der Waals surface area contributed by atoms with Gasteiger partial charge >= 0.3 is 0 Å². The molecule has 1 aromatic heterocycles. The highest BCUT2D eigenvalue weighted by Gasteiger charge is 2.13. The summed E-state index contributed by atoms with van der Waals surface area (Å²) < 4.78 is 5.17. The van der Waals surface area contributed by atoms with Crippen molar-refractivity contribution < 1.29 is 4.74 Å². The Hall–Kier alpha value is -1.20. The summed E-state index contributed by atoms with van der Waals surface area (Å²) in [7, 11) is 1.71. The second-order valence-corrected chi connectivity index (χ2v) is 5.12. The molecule has 0 spiro atoms. The highest BCUT2D eigenvalue weighted by atomic mass is 79.9. The number of hydrogen-bond acceptors (Lipinski definition) is 4. The molecule has 19 heavy (non-hydrogen) atoms. The van der Waals surface area contributed by atoms with E-state index >= 15 is 0 Å². The maximum absolute atomic E-state index is 5.17. The van der Waals surface area contributed by atoms with E-state index in [9.17, 15) is 0 Å². The van der Waals surface area contributed by atoms with Crippen LogP contribution in [0.5, 0.6) is 0 Å². The van der Waals surface area contributed by atoms with Crippen LogP contribution in [0.3, 0.4) is 0 Å². The van der Waals surface area contributed by atoms with Crippen LogP contribution in [0.4, 0.5) is 5.82 Å². The minimum atomic E-state index is 0.677. The van der Waals surface area contributed by atoms with Crippen LogP contribution < -0.4 is 4.90 Å². The number of rotatable bonds is 6. The number of benzene rings is 1. The predicted molar refractivity (Wildman–Crippen MR) is 82.2 cm³/mol. The Morgan fingerprint density at radius 3 is 2.58 bits per heavy atom. The molecule has 0 aliphatic heterocycles. The maximum atomic E-state index is 5.17. The van der Waals surface area contributed by atoms with Gasteiger partial charge in [-0.05, 0) is 6.92 Å². The number of fused-ring (bicyclic) bond motifs is 1. The minimum Gasteiger partial charge on any atom is -0.383 e. The average Bonchev–Trinajstić information content (AvgIpc) is 2.45. The van der Waals surface area contributed by atoms with Crippen molar-refractivity contribution in [2.75, 3.05) is 37.0 Å². The van der Waals surface area contributed by atoms with E-state index in [1.165, 1.54) is 0 Å². The summed E-state index contributed by atoms with van der Waals surface area (Å²) in [5, 5.41) is 11.8. The summed E-state index contributed by atoms with van der Waals surface area (Å²) in [5.74, 6) is 0.928. The van der Waals surface area contributed by atoms with Crippen molar-refractivity contribution >= 4 is 32.5 Å². The SMILES string of the molecule is COCCN(CCBr)c1nnc(C)c2ccccc12. The lowest BCUT2D eigenvalue weighted by atomic mass is 10.1. The Balaban J connectivity index is 2.44. The first kappa shape index (κ1) is 14.2. The van der Waals surface area contributed by atoms with Crippen LogP contribution in [0, 0.1) is 6.92 Å². The summed E-state index contributed by atoms with van der Waals surface area (Å²) in [6, 6.07) is 8.26. The molecule has 0 saturated heterocycles. The molecular weight excluding hydrogens is 306 g/mol. The van der Waals surface area contributed by atoms with Crippen LogP contribution >= 0.6 is 15.9 Å². The zero-order chi connectivity index (χ0) is 13.7. The number of halogens is 1. The van der Waals surface area contributed by atoms with E-state index < -0.39 is 0 Å². The Morgan fingerprint density at radius 2 is 1.89 bits per heavy atom. The van der Waals surface area contributed by atoms with Crippen molar-refractivity contribution in [1.82, 2.24) is 10.2 Å². The summed E-state index contributed by atoms with van der Waals surface area (Å²) in [5.41, 5.74) is 0.963. The Morgan fingerprint density at radius 1 is 1.16 bits per heavy atom. The molecule has 2 aromatic rings. The molecule has 0 amide bonds. The van der Waals surface area contributed by atoms with Gasteiger partial charge in [0.05, 0.1) is 12.3 Å². The fraction of sp³-hybridized carbons (Fsp3) is 0.429. The lowest BCUT2D eigenvalue weighted by Gasteiger charge is -2.23. The molecule has 0 N–H and O–H groups in total. The molecule has 1 aromatic carbocycles. The number of nitrogens with zero attached hydrogens (tertiary/aromatic N) is 3. The van der Waals surface area contributed by atoms with E-state index in [-0.39, 0.29) is 0 Å². The highest BCUT2D eigenvalue weighted by Crippen LogP contribution is 2.25. The van der Waals surface area contributed by atoms with Gasteiger partial charge in [-0.25, -0.2) is 0 Å². The van der Waals surface area contributed by atoms with Crippen LogP contribution in [0.1, 0.15) is 5.69 Å². The van der Waals surface area contributed by atoms with Crippen LogP contribution in [0.15, 0.2) is 24.3 Å². The van der Waals surface area contributed by atoms with Gasteiger partial charge in [0.15, 0.2) is 5.82 Å². The number of anilines is 1. The Bertz CT molecular complexity index is 547. The van der Waals surface area contributed by atoms with E-state index in [1.54, 1.807) is 7.11 Å². The largest absolute Gasteiger partial charge is 0.383 e. The van der Waals surface area contributed by atoms with Gasteiger partial charge in [0.2, 0.25) is 0 Å². The van der Waals surface area contributed by atoms with Crippen LogP contribution in [0.2, 0.25) is 0 Å². The fourth-order valence-corrected chi connectivity index (χ4v) is 2.51. The van der Waals surface area contributed by atoms with Crippen LogP contribution in [-0.2, 0) is 4.74 Å². The summed E-state index contributed by atoms with van der Waals surface area (Å²) >= 11 is 3.49. The second-order valence-electron chi connectivity index (χ2n) is 4.32. The van der Waals surface area contributed by atoms with Gasteiger partial charge in [-0.2, -0.15) is 5.10 Å². The zero-order valence-electron chi connectivity index (χ0n) is 11.3. The molecule has 1 heterocycles. The molecule has 0 bridgehead atoms. The lowest BCUT2D eigenvalue weighted by Crippen LogP contribution is -2.30. The van der Waals surface area contributed by atoms with Crippen LogP contribution in [-0.4, -0.2) is 42.3 Å². The molecule has 0 unspecified atom stereocenters. The van der Waals surface area contributed by atoms with E-state index in [2.05, 4.69) is 43.2 Å². The van der Waals surface area contributed by atoms with E-state index in [4.69, 9.17) is 4.74 Å². The number of aryl methyl sites for hydroxylation is 1. The predicted octanol–water partition coefficient (Wildman–Crippen LogP) is 2.79. The second kappa shape index (κ2) is 6.82. The summed E-state index contributed by atoms with van der Waals surface area (Å²) in [6.45, 7) is 4.36. The van der Waals surface area contributed by atoms with Crippen molar-refractivity contribution in [2.45, 2.75) is 6.92 Å². The van der Waals surface area contributed by atoms with E-state index in [0.717, 1.165) is 40.7 Å². The van der Waals surface area contributed by atoms with Gasteiger partial charge in [0, 0.05) is 36.3 Å². The number of ether oxygens (including phenoxy) is 1. The monoisotopic (exact) mass is 323 g/mol. The summed E-state index contributed by atoms with van der Waals surface area (Å²) in [4.78, 5) is 2.20. The Kier molecular flexibility index (Phi) is 5.10. The smallest absolute Gasteiger partial charge is 0.159 e. The normalized spacial score (nSPS) is 10.9. The highest BCUT2D eigenvalue weighted by molar-refractivity contribution is 9.09. The number of aromatic nitrogens is 2. The fourth-order valence-electron chi connectivity index (χ4n) is 2.08. The average molecular weight is 324 g/mol. The van der Waals surface area contributed by atoms with Gasteiger partial charge in [-0.1, -0.05) is 40.2 Å². The molecule has 0 radical (unpaired) electrons. The molecule has 0 atom stereocenters. The van der Waals surface area contributed by atoms with Crippen molar-refractivity contribution in [2.24, 2.45) is 0 Å². The molecule has 0 aliphatic carbocycles. The molecule has 102 valence electrons. The van der Waals surface area contributed by atoms with Crippen molar-refractivity contribution in [1.29, 1.82) is 0 Å². The number of hydrogen-bond donors (Lipinski definition) is 0. The molecule has 4 nitrogen and oxygen atoms in total. The zero-order valence-corrected chi connectivity index (χ0v) is 12.9. The van der Waals surface area contributed by atoms with Gasteiger partial charge < -0.3 is 9.64 Å². The third kappa shape index (κ3) is 3.22. The quantitative estimate of drug-likeness (QED) is 0.766. The third-order valence-electron chi connectivity index (χ3n) is 3.07. The molecule has 0 aliphatic rings. The maximum Gasteiger partial charge on any atom is 0.159 e. The minimum absolute atomic E-state index is 0.677. The molecule has 0 fully saturated rings.